The average Bonchev–Trinajstić information content (AvgIpc) is 2.79. The minimum Gasteiger partial charge on any atom is -0.503 e. The van der Waals surface area contributed by atoms with Gasteiger partial charge < -0.3 is 19.4 Å². The lowest BCUT2D eigenvalue weighted by atomic mass is 10.0. The molecule has 1 N–H and O–H groups in total. The number of aliphatic carboxylic acids is 1. The molecule has 32 heavy (non-hydrogen) atoms. The quantitative estimate of drug-likeness (QED) is 0.213. The zero-order chi connectivity index (χ0) is 22.9. The van der Waals surface area contributed by atoms with Crippen LogP contribution in [0.5, 0.6) is 11.5 Å². The lowest BCUT2D eigenvalue weighted by Crippen LogP contribution is -2.06. The first kappa shape index (κ1) is 22.6. The smallest absolute Gasteiger partial charge is 0.339 e. The van der Waals surface area contributed by atoms with Crippen LogP contribution in [0.4, 0.5) is 0 Å². The Morgan fingerprint density at radius 2 is 1.72 bits per heavy atom. The van der Waals surface area contributed by atoms with Gasteiger partial charge in [0.25, 0.3) is 0 Å². The maximum absolute atomic E-state index is 11.6. The number of ether oxygens (including phenoxy) is 2. The van der Waals surface area contributed by atoms with E-state index in [0.717, 1.165) is 22.3 Å². The summed E-state index contributed by atoms with van der Waals surface area (Å²) in [5, 5.41) is 13.6. The monoisotopic (exact) mass is 431 g/mol. The van der Waals surface area contributed by atoms with E-state index in [1.807, 2.05) is 68.4 Å². The molecule has 6 heteroatoms. The minimum atomic E-state index is -1.06. The van der Waals surface area contributed by atoms with Crippen molar-refractivity contribution in [1.82, 2.24) is 0 Å². The van der Waals surface area contributed by atoms with Crippen LogP contribution in [0.1, 0.15) is 27.8 Å². The summed E-state index contributed by atoms with van der Waals surface area (Å²) >= 11 is 0. The second kappa shape index (κ2) is 10.8. The Kier molecular flexibility index (Phi) is 7.65. The standard InChI is InChI=1S/C26H25NO5/c1-18-14-25(19(2)13-21(18)15-27-32-22-10-5-4-6-11-22)31-16-20-9-7-8-12-23(20)24(17-30-3)26(28)29/h4-15,17H,16H2,1-3H3,(H,28,29). The molecule has 164 valence electrons. The van der Waals surface area contributed by atoms with E-state index in [4.69, 9.17) is 14.3 Å². The molecule has 3 aromatic carbocycles. The van der Waals surface area contributed by atoms with Crippen LogP contribution in [0.15, 0.2) is 78.1 Å². The summed E-state index contributed by atoms with van der Waals surface area (Å²) in [5.74, 6) is 0.318. The Morgan fingerprint density at radius 1 is 1.00 bits per heavy atom. The molecule has 0 aliphatic carbocycles. The summed E-state index contributed by atoms with van der Waals surface area (Å²) in [4.78, 5) is 17.0. The van der Waals surface area contributed by atoms with Crippen molar-refractivity contribution < 1.29 is 24.2 Å². The number of carbonyl (C=O) groups is 1. The lowest BCUT2D eigenvalue weighted by Gasteiger charge is -2.14. The van der Waals surface area contributed by atoms with Crippen LogP contribution in [0.3, 0.4) is 0 Å². The summed E-state index contributed by atoms with van der Waals surface area (Å²) in [5.41, 5.74) is 4.20. The second-order valence-corrected chi connectivity index (χ2v) is 7.13. The number of carboxylic acids is 1. The molecule has 0 aliphatic rings. The first-order valence-corrected chi connectivity index (χ1v) is 10.0. The van der Waals surface area contributed by atoms with Crippen LogP contribution in [0, 0.1) is 13.8 Å². The van der Waals surface area contributed by atoms with E-state index in [1.165, 1.54) is 13.4 Å². The Balaban J connectivity index is 1.75. The molecule has 0 radical (unpaired) electrons. The van der Waals surface area contributed by atoms with Gasteiger partial charge in [0.2, 0.25) is 0 Å². The largest absolute Gasteiger partial charge is 0.503 e. The maximum atomic E-state index is 11.6. The van der Waals surface area contributed by atoms with Crippen LogP contribution in [0.25, 0.3) is 5.57 Å². The highest BCUT2D eigenvalue weighted by molar-refractivity contribution is 6.15. The number of para-hydroxylation sites is 1. The first-order chi connectivity index (χ1) is 15.5. The van der Waals surface area contributed by atoms with Crippen molar-refractivity contribution in [3.8, 4) is 11.5 Å². The molecular weight excluding hydrogens is 406 g/mol. The molecule has 0 unspecified atom stereocenters. The lowest BCUT2D eigenvalue weighted by molar-refractivity contribution is -0.130. The van der Waals surface area contributed by atoms with Crippen LogP contribution in [-0.2, 0) is 16.1 Å². The molecule has 0 spiro atoms. The predicted molar refractivity (Wildman–Crippen MR) is 124 cm³/mol. The molecule has 0 fully saturated rings. The van der Waals surface area contributed by atoms with Crippen molar-refractivity contribution in [3.05, 3.63) is 101 Å². The van der Waals surface area contributed by atoms with Gasteiger partial charge in [0, 0.05) is 0 Å². The number of hydrogen-bond acceptors (Lipinski definition) is 5. The van der Waals surface area contributed by atoms with Crippen LogP contribution < -0.4 is 9.57 Å². The minimum absolute atomic E-state index is 0.0737. The van der Waals surface area contributed by atoms with Crippen molar-refractivity contribution in [2.45, 2.75) is 20.5 Å². The Labute approximate surface area is 187 Å². The van der Waals surface area contributed by atoms with Crippen molar-refractivity contribution in [2.24, 2.45) is 5.16 Å². The van der Waals surface area contributed by atoms with Gasteiger partial charge in [-0.15, -0.1) is 0 Å². The average molecular weight is 431 g/mol. The molecule has 0 heterocycles. The molecule has 0 aromatic heterocycles. The van der Waals surface area contributed by atoms with Crippen molar-refractivity contribution in [3.63, 3.8) is 0 Å². The SMILES string of the molecule is COC=C(C(=O)O)c1ccccc1COc1cc(C)c(C=NOc2ccccc2)cc1C. The Hall–Kier alpha value is -4.06. The number of carboxylic acid groups (broad SMARTS) is 1. The summed E-state index contributed by atoms with van der Waals surface area (Å²) < 4.78 is 11.0. The van der Waals surface area contributed by atoms with Crippen molar-refractivity contribution >= 4 is 17.8 Å². The highest BCUT2D eigenvalue weighted by Crippen LogP contribution is 2.26. The van der Waals surface area contributed by atoms with Gasteiger partial charge >= 0.3 is 5.97 Å². The van der Waals surface area contributed by atoms with Gasteiger partial charge in [-0.25, -0.2) is 4.79 Å². The van der Waals surface area contributed by atoms with E-state index in [9.17, 15) is 9.90 Å². The molecule has 0 saturated carbocycles. The van der Waals surface area contributed by atoms with E-state index >= 15 is 0 Å². The van der Waals surface area contributed by atoms with E-state index in [0.29, 0.717) is 17.1 Å². The summed E-state index contributed by atoms with van der Waals surface area (Å²) in [7, 11) is 1.42. The summed E-state index contributed by atoms with van der Waals surface area (Å²) in [6.07, 6.45) is 2.89. The molecule has 0 atom stereocenters. The van der Waals surface area contributed by atoms with Gasteiger partial charge in [-0.1, -0.05) is 47.6 Å². The fraction of sp³-hybridized carbons (Fsp3) is 0.154. The third-order valence-corrected chi connectivity index (χ3v) is 4.81. The predicted octanol–water partition coefficient (Wildman–Crippen LogP) is 5.37. The highest BCUT2D eigenvalue weighted by atomic mass is 16.6. The number of rotatable bonds is 9. The van der Waals surface area contributed by atoms with Crippen LogP contribution in [-0.4, -0.2) is 24.4 Å². The Morgan fingerprint density at radius 3 is 2.44 bits per heavy atom. The molecule has 0 saturated heterocycles. The van der Waals surface area contributed by atoms with Gasteiger partial charge in [0.05, 0.1) is 19.6 Å². The molecule has 0 bridgehead atoms. The van der Waals surface area contributed by atoms with Gasteiger partial charge in [-0.3, -0.25) is 0 Å². The van der Waals surface area contributed by atoms with Gasteiger partial charge in [-0.2, -0.15) is 0 Å². The second-order valence-electron chi connectivity index (χ2n) is 7.13. The first-order valence-electron chi connectivity index (χ1n) is 10.0. The van der Waals surface area contributed by atoms with Gasteiger partial charge in [0.15, 0.2) is 5.75 Å². The van der Waals surface area contributed by atoms with E-state index in [2.05, 4.69) is 5.16 Å². The van der Waals surface area contributed by atoms with Crippen molar-refractivity contribution in [2.75, 3.05) is 7.11 Å². The zero-order valence-corrected chi connectivity index (χ0v) is 18.2. The number of nitrogens with zero attached hydrogens (tertiary/aromatic N) is 1. The van der Waals surface area contributed by atoms with Gasteiger partial charge in [0.1, 0.15) is 17.9 Å². The Bertz CT molecular complexity index is 1140. The van der Waals surface area contributed by atoms with Crippen molar-refractivity contribution in [1.29, 1.82) is 0 Å². The topological polar surface area (TPSA) is 77.4 Å². The summed E-state index contributed by atoms with van der Waals surface area (Å²) in [6.45, 7) is 4.13. The molecule has 0 aliphatic heterocycles. The molecular formula is C26H25NO5. The fourth-order valence-corrected chi connectivity index (χ4v) is 3.14. The summed E-state index contributed by atoms with van der Waals surface area (Å²) in [6, 6.07) is 20.5. The van der Waals surface area contributed by atoms with E-state index in [1.54, 1.807) is 18.3 Å². The number of oxime groups is 1. The van der Waals surface area contributed by atoms with Gasteiger partial charge in [-0.05, 0) is 65.9 Å². The van der Waals surface area contributed by atoms with E-state index < -0.39 is 5.97 Å². The molecule has 6 nitrogen and oxygen atoms in total. The fourth-order valence-electron chi connectivity index (χ4n) is 3.14. The number of benzene rings is 3. The number of aryl methyl sites for hydroxylation is 2. The third-order valence-electron chi connectivity index (χ3n) is 4.81. The zero-order valence-electron chi connectivity index (χ0n) is 18.2. The van der Waals surface area contributed by atoms with Crippen LogP contribution in [0.2, 0.25) is 0 Å². The third kappa shape index (κ3) is 5.76. The highest BCUT2D eigenvalue weighted by Gasteiger charge is 2.15. The molecule has 3 rings (SSSR count). The normalized spacial score (nSPS) is 11.4. The molecule has 0 amide bonds. The maximum Gasteiger partial charge on any atom is 0.339 e. The number of methoxy groups -OCH3 is 1. The number of hydrogen-bond donors (Lipinski definition) is 1. The van der Waals surface area contributed by atoms with Crippen LogP contribution >= 0.6 is 0 Å². The molecule has 3 aromatic rings. The van der Waals surface area contributed by atoms with E-state index in [-0.39, 0.29) is 12.2 Å².